The number of methoxy groups -OCH3 is 1. The number of piperidine rings is 1. The molecule has 2 aromatic carbocycles. The van der Waals surface area contributed by atoms with Crippen LogP contribution in [0.25, 0.3) is 10.8 Å². The van der Waals surface area contributed by atoms with Gasteiger partial charge in [0.15, 0.2) is 0 Å². The summed E-state index contributed by atoms with van der Waals surface area (Å²) in [6, 6.07) is 13.4. The average molecular weight is 370 g/mol. The fourth-order valence-electron chi connectivity index (χ4n) is 4.85. The third-order valence-corrected chi connectivity index (χ3v) is 7.17. The lowest BCUT2D eigenvalue weighted by molar-refractivity contribution is -0.135. The van der Waals surface area contributed by atoms with Crippen molar-refractivity contribution < 1.29 is 9.53 Å². The molecule has 2 aliphatic heterocycles. The number of aryl methyl sites for hydroxylation is 1. The van der Waals surface area contributed by atoms with Crippen LogP contribution in [0, 0.1) is 0 Å². The second-order valence-electron chi connectivity index (χ2n) is 7.48. The van der Waals surface area contributed by atoms with E-state index in [2.05, 4.69) is 41.5 Å². The molecule has 4 rings (SSSR count). The van der Waals surface area contributed by atoms with Crippen LogP contribution in [0.3, 0.4) is 0 Å². The molecule has 2 aromatic rings. The summed E-state index contributed by atoms with van der Waals surface area (Å²) in [5, 5.41) is 3.13. The minimum Gasteiger partial charge on any atom is -0.496 e. The first kappa shape index (κ1) is 17.7. The number of ether oxygens (including phenoxy) is 1. The maximum Gasteiger partial charge on any atom is 0.223 e. The van der Waals surface area contributed by atoms with Crippen molar-refractivity contribution >= 4 is 28.4 Å². The van der Waals surface area contributed by atoms with Gasteiger partial charge in [-0.3, -0.25) is 4.79 Å². The van der Waals surface area contributed by atoms with Gasteiger partial charge in [-0.1, -0.05) is 30.3 Å². The summed E-state index contributed by atoms with van der Waals surface area (Å²) in [7, 11) is 1.71. The van der Waals surface area contributed by atoms with Crippen molar-refractivity contribution in [2.45, 2.75) is 55.9 Å². The number of amides is 1. The molecule has 0 saturated carbocycles. The molecule has 0 aliphatic carbocycles. The zero-order chi connectivity index (χ0) is 18.1. The molecule has 0 radical (unpaired) electrons. The first-order chi connectivity index (χ1) is 12.7. The Morgan fingerprint density at radius 1 is 1.15 bits per heavy atom. The van der Waals surface area contributed by atoms with E-state index in [0.29, 0.717) is 24.4 Å². The Balaban J connectivity index is 1.51. The third-order valence-electron chi connectivity index (χ3n) is 6.12. The molecule has 2 saturated heterocycles. The number of hydrogen-bond acceptors (Lipinski definition) is 3. The topological polar surface area (TPSA) is 29.5 Å². The Morgan fingerprint density at radius 2 is 1.88 bits per heavy atom. The molecule has 2 fully saturated rings. The molecular formula is C22H27NO2S. The van der Waals surface area contributed by atoms with Crippen molar-refractivity contribution in [3.63, 3.8) is 0 Å². The predicted molar refractivity (Wildman–Crippen MR) is 109 cm³/mol. The fraction of sp³-hybridized carbons (Fsp3) is 0.500. The van der Waals surface area contributed by atoms with E-state index in [-0.39, 0.29) is 0 Å². The van der Waals surface area contributed by atoms with Crippen LogP contribution in [0.2, 0.25) is 0 Å². The highest BCUT2D eigenvalue weighted by Gasteiger charge is 2.42. The van der Waals surface area contributed by atoms with Crippen molar-refractivity contribution in [1.82, 2.24) is 4.90 Å². The Bertz CT molecular complexity index is 792. The molecule has 0 aromatic heterocycles. The molecule has 2 atom stereocenters. The fourth-order valence-corrected chi connectivity index (χ4v) is 5.68. The van der Waals surface area contributed by atoms with E-state index in [1.807, 2.05) is 17.8 Å². The van der Waals surface area contributed by atoms with Gasteiger partial charge in [0.2, 0.25) is 5.91 Å². The van der Waals surface area contributed by atoms with Gasteiger partial charge in [-0.2, -0.15) is 11.8 Å². The quantitative estimate of drug-likeness (QED) is 0.767. The van der Waals surface area contributed by atoms with Crippen molar-refractivity contribution in [1.29, 1.82) is 0 Å². The van der Waals surface area contributed by atoms with E-state index in [4.69, 9.17) is 4.74 Å². The van der Waals surface area contributed by atoms with Crippen molar-refractivity contribution in [3.05, 3.63) is 42.0 Å². The molecule has 3 nitrogen and oxygen atoms in total. The number of carbonyl (C=O) groups is 1. The SMILES string of the molecule is COc1ccc2ccccc2c1CCC(=O)N1C2CCC1CC(SC)C2. The third kappa shape index (κ3) is 3.20. The normalized spacial score (nSPS) is 24.8. The maximum atomic E-state index is 13.0. The van der Waals surface area contributed by atoms with Gasteiger partial charge in [0, 0.05) is 29.3 Å². The minimum atomic E-state index is 0.326. The van der Waals surface area contributed by atoms with Gasteiger partial charge in [-0.15, -0.1) is 0 Å². The lowest BCUT2D eigenvalue weighted by Crippen LogP contribution is -2.47. The molecule has 0 N–H and O–H groups in total. The van der Waals surface area contributed by atoms with Crippen LogP contribution in [-0.2, 0) is 11.2 Å². The summed E-state index contributed by atoms with van der Waals surface area (Å²) in [5.41, 5.74) is 1.16. The van der Waals surface area contributed by atoms with Crippen molar-refractivity contribution in [2.75, 3.05) is 13.4 Å². The van der Waals surface area contributed by atoms with Gasteiger partial charge >= 0.3 is 0 Å². The van der Waals surface area contributed by atoms with E-state index in [9.17, 15) is 4.79 Å². The number of nitrogens with zero attached hydrogens (tertiary/aromatic N) is 1. The maximum absolute atomic E-state index is 13.0. The number of carbonyl (C=O) groups excluding carboxylic acids is 1. The molecule has 4 heteroatoms. The monoisotopic (exact) mass is 369 g/mol. The first-order valence-electron chi connectivity index (χ1n) is 9.60. The number of rotatable bonds is 5. The lowest BCUT2D eigenvalue weighted by atomic mass is 9.98. The number of benzene rings is 2. The highest BCUT2D eigenvalue weighted by Crippen LogP contribution is 2.40. The summed E-state index contributed by atoms with van der Waals surface area (Å²) in [6.07, 6.45) is 8.22. The summed E-state index contributed by atoms with van der Waals surface area (Å²) >= 11 is 1.97. The van der Waals surface area contributed by atoms with Gasteiger partial charge < -0.3 is 9.64 Å². The zero-order valence-electron chi connectivity index (χ0n) is 15.6. The molecule has 2 unspecified atom stereocenters. The minimum absolute atomic E-state index is 0.326. The van der Waals surface area contributed by atoms with Crippen LogP contribution < -0.4 is 4.74 Å². The van der Waals surface area contributed by atoms with E-state index in [1.165, 1.54) is 36.5 Å². The molecule has 0 spiro atoms. The Kier molecular flexibility index (Phi) is 5.12. The van der Waals surface area contributed by atoms with Crippen LogP contribution in [0.15, 0.2) is 36.4 Å². The molecule has 138 valence electrons. The molecule has 1 amide bonds. The summed E-state index contributed by atoms with van der Waals surface area (Å²) in [5.74, 6) is 1.22. The van der Waals surface area contributed by atoms with Crippen LogP contribution in [0.1, 0.15) is 37.7 Å². The Labute approximate surface area is 160 Å². The van der Waals surface area contributed by atoms with Crippen LogP contribution in [0.4, 0.5) is 0 Å². The smallest absolute Gasteiger partial charge is 0.223 e. The molecule has 26 heavy (non-hydrogen) atoms. The second-order valence-corrected chi connectivity index (χ2v) is 8.62. The van der Waals surface area contributed by atoms with E-state index < -0.39 is 0 Å². The summed E-state index contributed by atoms with van der Waals surface area (Å²) in [6.45, 7) is 0. The summed E-state index contributed by atoms with van der Waals surface area (Å²) in [4.78, 5) is 15.3. The van der Waals surface area contributed by atoms with Gasteiger partial charge in [0.25, 0.3) is 0 Å². The number of thioether (sulfide) groups is 1. The predicted octanol–water partition coefficient (Wildman–Crippen LogP) is 4.67. The number of hydrogen-bond donors (Lipinski definition) is 0. The molecule has 2 aliphatic rings. The average Bonchev–Trinajstić information content (AvgIpc) is 2.95. The van der Waals surface area contributed by atoms with Crippen molar-refractivity contribution in [3.8, 4) is 5.75 Å². The Hall–Kier alpha value is -1.68. The molecular weight excluding hydrogens is 342 g/mol. The van der Waals surface area contributed by atoms with Gasteiger partial charge in [0.1, 0.15) is 5.75 Å². The number of fused-ring (bicyclic) bond motifs is 3. The standard InChI is InChI=1S/C22H27NO2S/c1-25-21-11-7-15-5-3-4-6-19(15)20(21)10-12-22(24)23-16-8-9-17(23)14-18(13-16)26-2/h3-7,11,16-18H,8-10,12-14H2,1-2H3. The largest absolute Gasteiger partial charge is 0.496 e. The van der Waals surface area contributed by atoms with Crippen LogP contribution in [0.5, 0.6) is 5.75 Å². The first-order valence-corrected chi connectivity index (χ1v) is 10.9. The lowest BCUT2D eigenvalue weighted by Gasteiger charge is -2.38. The second kappa shape index (κ2) is 7.51. The van der Waals surface area contributed by atoms with Gasteiger partial charge in [-0.25, -0.2) is 0 Å². The van der Waals surface area contributed by atoms with E-state index in [0.717, 1.165) is 23.0 Å². The highest BCUT2D eigenvalue weighted by atomic mass is 32.2. The van der Waals surface area contributed by atoms with Gasteiger partial charge in [-0.05, 0) is 55.2 Å². The van der Waals surface area contributed by atoms with Gasteiger partial charge in [0.05, 0.1) is 7.11 Å². The molecule has 2 heterocycles. The van der Waals surface area contributed by atoms with E-state index in [1.54, 1.807) is 7.11 Å². The van der Waals surface area contributed by atoms with Crippen molar-refractivity contribution in [2.24, 2.45) is 0 Å². The summed E-state index contributed by atoms with van der Waals surface area (Å²) < 4.78 is 5.59. The molecule has 2 bridgehead atoms. The highest BCUT2D eigenvalue weighted by molar-refractivity contribution is 7.99. The van der Waals surface area contributed by atoms with Crippen LogP contribution in [-0.4, -0.2) is 41.5 Å². The Morgan fingerprint density at radius 3 is 2.58 bits per heavy atom. The van der Waals surface area contributed by atoms with E-state index >= 15 is 0 Å². The zero-order valence-corrected chi connectivity index (χ0v) is 16.4. The van der Waals surface area contributed by atoms with Crippen LogP contribution >= 0.6 is 11.8 Å².